The van der Waals surface area contributed by atoms with Gasteiger partial charge in [-0.3, -0.25) is 0 Å². The Morgan fingerprint density at radius 3 is 1.56 bits per heavy atom. The summed E-state index contributed by atoms with van der Waals surface area (Å²) in [5.74, 6) is -2.37. The standard InChI is InChI=1S/C3H2F3O3/c4-3(5,6)1(7)2(8)9/h7H,(H,8,9). The Hall–Kier alpha value is -0.780. The van der Waals surface area contributed by atoms with Crippen molar-refractivity contribution < 1.29 is 28.2 Å². The smallest absolute Gasteiger partial charge is 0.432 e. The Bertz CT molecular complexity index is 118. The van der Waals surface area contributed by atoms with Crippen molar-refractivity contribution in [3.05, 3.63) is 6.10 Å². The van der Waals surface area contributed by atoms with Gasteiger partial charge < -0.3 is 10.2 Å². The van der Waals surface area contributed by atoms with Crippen LogP contribution in [0, 0.1) is 6.10 Å². The highest BCUT2D eigenvalue weighted by Crippen LogP contribution is 2.25. The van der Waals surface area contributed by atoms with Crippen molar-refractivity contribution in [2.24, 2.45) is 0 Å². The second-order valence-electron chi connectivity index (χ2n) is 1.15. The van der Waals surface area contributed by atoms with Crippen LogP contribution < -0.4 is 0 Å². The highest BCUT2D eigenvalue weighted by Gasteiger charge is 2.45. The van der Waals surface area contributed by atoms with E-state index in [4.69, 9.17) is 10.2 Å². The molecule has 0 bridgehead atoms. The van der Waals surface area contributed by atoms with E-state index in [1.165, 1.54) is 0 Å². The molecular weight excluding hydrogens is 141 g/mol. The molecule has 0 amide bonds. The lowest BCUT2D eigenvalue weighted by molar-refractivity contribution is -0.178. The van der Waals surface area contributed by atoms with Crippen LogP contribution >= 0.6 is 0 Å². The summed E-state index contributed by atoms with van der Waals surface area (Å²) in [7, 11) is 0. The van der Waals surface area contributed by atoms with Crippen molar-refractivity contribution in [2.75, 3.05) is 0 Å². The summed E-state index contributed by atoms with van der Waals surface area (Å²) in [6.07, 6.45) is -7.64. The fraction of sp³-hybridized carbons (Fsp3) is 0.333. The van der Waals surface area contributed by atoms with Crippen molar-refractivity contribution in [1.82, 2.24) is 0 Å². The number of hydrogen-bond acceptors (Lipinski definition) is 2. The van der Waals surface area contributed by atoms with Gasteiger partial charge in [0.05, 0.1) is 0 Å². The zero-order valence-corrected chi connectivity index (χ0v) is 3.94. The van der Waals surface area contributed by atoms with E-state index >= 15 is 0 Å². The number of alkyl halides is 3. The van der Waals surface area contributed by atoms with E-state index in [1.807, 2.05) is 0 Å². The summed E-state index contributed by atoms with van der Waals surface area (Å²) >= 11 is 0. The predicted molar refractivity (Wildman–Crippen MR) is 18.9 cm³/mol. The Labute approximate surface area is 47.7 Å². The molecule has 9 heavy (non-hydrogen) atoms. The van der Waals surface area contributed by atoms with Crippen molar-refractivity contribution >= 4 is 5.97 Å². The van der Waals surface area contributed by atoms with Crippen LogP contribution in [0.15, 0.2) is 0 Å². The third-order valence-electron chi connectivity index (χ3n) is 0.471. The van der Waals surface area contributed by atoms with Gasteiger partial charge in [-0.25, -0.2) is 4.79 Å². The van der Waals surface area contributed by atoms with Gasteiger partial charge in [0.25, 0.3) is 0 Å². The third kappa shape index (κ3) is 2.31. The number of rotatable bonds is 1. The van der Waals surface area contributed by atoms with Crippen LogP contribution in [0.2, 0.25) is 0 Å². The second-order valence-corrected chi connectivity index (χ2v) is 1.15. The normalized spacial score (nSPS) is 12.1. The minimum absolute atomic E-state index is 2.37. The Morgan fingerprint density at radius 2 is 1.56 bits per heavy atom. The van der Waals surface area contributed by atoms with Gasteiger partial charge in [-0.1, -0.05) is 0 Å². The molecule has 3 nitrogen and oxygen atoms in total. The molecule has 0 atom stereocenters. The van der Waals surface area contributed by atoms with E-state index in [0.29, 0.717) is 0 Å². The molecule has 0 rings (SSSR count). The van der Waals surface area contributed by atoms with E-state index in [2.05, 4.69) is 0 Å². The lowest BCUT2D eigenvalue weighted by Crippen LogP contribution is -2.27. The number of aliphatic hydroxyl groups is 1. The van der Waals surface area contributed by atoms with E-state index < -0.39 is 18.2 Å². The van der Waals surface area contributed by atoms with E-state index in [1.54, 1.807) is 0 Å². The molecule has 0 saturated carbocycles. The molecule has 0 unspecified atom stereocenters. The highest BCUT2D eigenvalue weighted by molar-refractivity contribution is 5.81. The van der Waals surface area contributed by atoms with Gasteiger partial charge in [-0.05, 0) is 0 Å². The first-order valence-corrected chi connectivity index (χ1v) is 1.72. The van der Waals surface area contributed by atoms with Crippen LogP contribution in [0.25, 0.3) is 0 Å². The van der Waals surface area contributed by atoms with Gasteiger partial charge in [0.1, 0.15) is 0 Å². The largest absolute Gasteiger partial charge is 0.479 e. The van der Waals surface area contributed by atoms with Crippen LogP contribution in [0.5, 0.6) is 0 Å². The van der Waals surface area contributed by atoms with Gasteiger partial charge in [0.15, 0.2) is 0 Å². The molecule has 0 aliphatic heterocycles. The lowest BCUT2D eigenvalue weighted by atomic mass is 10.4. The molecule has 0 aliphatic carbocycles. The summed E-state index contributed by atoms with van der Waals surface area (Å²) in [4.78, 5) is 9.34. The maximum atomic E-state index is 11.0. The summed E-state index contributed by atoms with van der Waals surface area (Å²) in [5.41, 5.74) is 0. The second kappa shape index (κ2) is 2.22. The fourth-order valence-corrected chi connectivity index (χ4v) is 0.121. The van der Waals surface area contributed by atoms with Crippen molar-refractivity contribution in [3.63, 3.8) is 0 Å². The number of aliphatic carboxylic acids is 1. The van der Waals surface area contributed by atoms with Gasteiger partial charge in [0, 0.05) is 0 Å². The molecule has 2 N–H and O–H groups in total. The molecule has 1 radical (unpaired) electrons. The average Bonchev–Trinajstić information content (AvgIpc) is 1.62. The van der Waals surface area contributed by atoms with Crippen LogP contribution in [-0.2, 0) is 4.79 Å². The van der Waals surface area contributed by atoms with Gasteiger partial charge >= 0.3 is 18.2 Å². The minimum atomic E-state index is -5.15. The SMILES string of the molecule is O=C(O)[C](O)C(F)(F)F. The van der Waals surface area contributed by atoms with Crippen LogP contribution in [0.1, 0.15) is 0 Å². The highest BCUT2D eigenvalue weighted by atomic mass is 19.4. The predicted octanol–water partition coefficient (Wildman–Crippen LogP) is 0.538. The molecule has 0 aromatic rings. The van der Waals surface area contributed by atoms with Gasteiger partial charge in [-0.2, -0.15) is 13.2 Å². The minimum Gasteiger partial charge on any atom is -0.479 e. The molecule has 0 fully saturated rings. The fourth-order valence-electron chi connectivity index (χ4n) is 0.121. The topological polar surface area (TPSA) is 57.5 Å². The summed E-state index contributed by atoms with van der Waals surface area (Å²) < 4.78 is 33.1. The summed E-state index contributed by atoms with van der Waals surface area (Å²) in [5, 5.41) is 15.2. The zero-order chi connectivity index (χ0) is 7.65. The van der Waals surface area contributed by atoms with Crippen LogP contribution in [0.4, 0.5) is 13.2 Å². The number of carbonyl (C=O) groups is 1. The third-order valence-corrected chi connectivity index (χ3v) is 0.471. The molecule has 6 heteroatoms. The molecule has 0 heterocycles. The lowest BCUT2D eigenvalue weighted by Gasteiger charge is -2.06. The summed E-state index contributed by atoms with van der Waals surface area (Å²) in [6, 6.07) is 0. The molecule has 0 aromatic carbocycles. The average molecular weight is 143 g/mol. The van der Waals surface area contributed by atoms with Crippen molar-refractivity contribution in [2.45, 2.75) is 6.18 Å². The Kier molecular flexibility index (Phi) is 2.03. The van der Waals surface area contributed by atoms with E-state index in [-0.39, 0.29) is 0 Å². The number of carboxylic acids is 1. The maximum absolute atomic E-state index is 11.0. The molecule has 53 valence electrons. The number of aliphatic hydroxyl groups excluding tert-OH is 1. The first kappa shape index (κ1) is 8.22. The first-order valence-electron chi connectivity index (χ1n) is 1.72. The molecule has 0 aromatic heterocycles. The summed E-state index contributed by atoms with van der Waals surface area (Å²) in [6.45, 7) is 0. The van der Waals surface area contributed by atoms with Gasteiger partial charge in [0.2, 0.25) is 0 Å². The van der Waals surface area contributed by atoms with Crippen LogP contribution in [-0.4, -0.2) is 22.4 Å². The van der Waals surface area contributed by atoms with E-state index in [0.717, 1.165) is 0 Å². The van der Waals surface area contributed by atoms with Crippen LogP contribution in [0.3, 0.4) is 0 Å². The number of carboxylic acid groups (broad SMARTS) is 1. The molecule has 0 spiro atoms. The quantitative estimate of drug-likeness (QED) is 0.563. The van der Waals surface area contributed by atoms with E-state index in [9.17, 15) is 18.0 Å². The van der Waals surface area contributed by atoms with Gasteiger partial charge in [-0.15, -0.1) is 0 Å². The zero-order valence-electron chi connectivity index (χ0n) is 3.94. The first-order chi connectivity index (χ1) is 3.85. The Balaban J connectivity index is 4.04. The van der Waals surface area contributed by atoms with Crippen molar-refractivity contribution in [1.29, 1.82) is 0 Å². The molecule has 0 saturated heterocycles. The number of hydrogen-bond donors (Lipinski definition) is 2. The maximum Gasteiger partial charge on any atom is 0.432 e. The molecule has 0 aliphatic rings. The molecular formula is C3H2F3O3. The Morgan fingerprint density at radius 1 is 1.22 bits per heavy atom. The number of halogens is 3. The monoisotopic (exact) mass is 143 g/mol. The van der Waals surface area contributed by atoms with Crippen molar-refractivity contribution in [3.8, 4) is 0 Å².